The van der Waals surface area contributed by atoms with Crippen LogP contribution in [0.15, 0.2) is 47.6 Å². The average molecular weight is 853 g/mol. The Morgan fingerprint density at radius 2 is 1.84 bits per heavy atom. The number of carboxylic acid groups (broad SMARTS) is 1. The Morgan fingerprint density at radius 3 is 2.56 bits per heavy atom. The van der Waals surface area contributed by atoms with Gasteiger partial charge in [-0.25, -0.2) is 19.8 Å². The van der Waals surface area contributed by atoms with Gasteiger partial charge in [-0.2, -0.15) is 0 Å². The van der Waals surface area contributed by atoms with E-state index in [1.54, 1.807) is 30.5 Å². The summed E-state index contributed by atoms with van der Waals surface area (Å²) < 4.78 is 29.4. The highest BCUT2D eigenvalue weighted by Gasteiger charge is 2.47. The Bertz CT molecular complexity index is 2450. The smallest absolute Gasteiger partial charge is 0.343 e. The number of cyclic esters (lactones) is 1. The number of likely N-dealkylation sites (N-methyl/N-ethyl adjacent to an activating group) is 1. The van der Waals surface area contributed by atoms with Gasteiger partial charge < -0.3 is 55.0 Å². The Hall–Kier alpha value is -6.54. The van der Waals surface area contributed by atoms with Gasteiger partial charge in [-0.3, -0.25) is 19.8 Å². The minimum absolute atomic E-state index is 0.127. The number of amidine groups is 1. The number of carboxylic acids is 1. The lowest BCUT2D eigenvalue weighted by Crippen LogP contribution is -2.40. The zero-order valence-electron chi connectivity index (χ0n) is 34.8. The van der Waals surface area contributed by atoms with Crippen molar-refractivity contribution in [3.8, 4) is 23.0 Å². The molecule has 5 unspecified atom stereocenters. The Kier molecular flexibility index (Phi) is 11.9. The number of carbonyl (C=O) groups excluding carboxylic acids is 2. The molecule has 5 atom stereocenters. The van der Waals surface area contributed by atoms with Crippen molar-refractivity contribution in [1.82, 2.24) is 20.2 Å². The minimum atomic E-state index is -1.36. The second-order valence-corrected chi connectivity index (χ2v) is 15.3. The number of amides is 1. The standard InChI is InChI=1S/C43H48N8O11/c1-6-27-48-39-32(41(54)49-27)46-23(18-45-39)17-44-22-10-8-21(9-11-22)40(53)47-26(42(55)56)13-14-28(52)50-31-24-15-16-51(3)33(29(24)36(59-5)38-37(31)60-19-61-38)35-25-12-7-20(2)34(58-4)30(25)43(57)62-35/h7-12,18,26,33,35,40-41,44,47,53-54H,6,13-17,19H2,1-5H3,(H,50,52)(H,55,56)(H,45,48,49). The molecule has 4 aliphatic rings. The summed E-state index contributed by atoms with van der Waals surface area (Å²) in [5, 5.41) is 43.5. The first kappa shape index (κ1) is 42.2. The fourth-order valence-corrected chi connectivity index (χ4v) is 8.37. The van der Waals surface area contributed by atoms with Crippen LogP contribution in [-0.4, -0.2) is 94.5 Å². The fraction of sp³-hybridized carbons (Fsp3) is 0.395. The largest absolute Gasteiger partial charge is 0.496 e. The molecule has 5 heterocycles. The highest BCUT2D eigenvalue weighted by molar-refractivity contribution is 5.99. The monoisotopic (exact) mass is 852 g/mol. The number of aliphatic hydroxyl groups excluding tert-OH is 2. The van der Waals surface area contributed by atoms with Crippen molar-refractivity contribution in [3.05, 3.63) is 87.4 Å². The molecule has 1 amide bonds. The van der Waals surface area contributed by atoms with Crippen LogP contribution in [0.2, 0.25) is 0 Å². The number of nitrogens with one attached hydrogen (secondary N) is 4. The van der Waals surface area contributed by atoms with Gasteiger partial charge in [0.2, 0.25) is 18.4 Å². The van der Waals surface area contributed by atoms with Crippen LogP contribution in [0.1, 0.15) is 100 Å². The highest BCUT2D eigenvalue weighted by Crippen LogP contribution is 2.58. The second-order valence-electron chi connectivity index (χ2n) is 15.3. The molecule has 0 fully saturated rings. The lowest BCUT2D eigenvalue weighted by Gasteiger charge is -2.39. The molecule has 3 aromatic carbocycles. The van der Waals surface area contributed by atoms with E-state index < -0.39 is 48.5 Å². The summed E-state index contributed by atoms with van der Waals surface area (Å²) >= 11 is 0. The van der Waals surface area contributed by atoms with E-state index in [9.17, 15) is 29.7 Å². The van der Waals surface area contributed by atoms with E-state index in [4.69, 9.17) is 23.7 Å². The summed E-state index contributed by atoms with van der Waals surface area (Å²) in [6, 6.07) is 8.63. The van der Waals surface area contributed by atoms with Crippen molar-refractivity contribution >= 4 is 40.9 Å². The van der Waals surface area contributed by atoms with Gasteiger partial charge in [-0.05, 0) is 55.6 Å². The van der Waals surface area contributed by atoms with Crippen LogP contribution in [0, 0.1) is 6.92 Å². The van der Waals surface area contributed by atoms with E-state index in [1.807, 2.05) is 33.0 Å². The SMILES string of the molecule is CCC1=NC(O)c2nc(CNc3ccc(C(O)NC(CCC(=O)Nc4c5c(c(OC)c6c4OCO6)C(C4OC(=O)c6c4ccc(C)c6OC)N(C)CC5)C(=O)O)cc3)cnc2N1. The third-order valence-electron chi connectivity index (χ3n) is 11.5. The molecule has 8 rings (SSSR count). The molecule has 0 spiro atoms. The average Bonchev–Trinajstić information content (AvgIpc) is 3.89. The van der Waals surface area contributed by atoms with Gasteiger partial charge in [0.1, 0.15) is 41.2 Å². The molecule has 19 nitrogen and oxygen atoms in total. The highest BCUT2D eigenvalue weighted by atomic mass is 16.7. The number of methoxy groups -OCH3 is 2. The van der Waals surface area contributed by atoms with E-state index in [1.165, 1.54) is 14.2 Å². The number of ether oxygens (including phenoxy) is 5. The van der Waals surface area contributed by atoms with Crippen LogP contribution in [0.25, 0.3) is 0 Å². The quantitative estimate of drug-likeness (QED) is 0.0652. The Labute approximate surface area is 356 Å². The number of aliphatic carboxylic acids is 1. The normalized spacial score (nSPS) is 19.5. The molecular weight excluding hydrogens is 805 g/mol. The van der Waals surface area contributed by atoms with E-state index >= 15 is 0 Å². The first-order valence-corrected chi connectivity index (χ1v) is 20.2. The summed E-state index contributed by atoms with van der Waals surface area (Å²) in [5.74, 6) is 0.252. The lowest BCUT2D eigenvalue weighted by molar-refractivity contribution is -0.140. The minimum Gasteiger partial charge on any atom is -0.496 e. The summed E-state index contributed by atoms with van der Waals surface area (Å²) in [7, 11) is 4.94. The lowest BCUT2D eigenvalue weighted by atomic mass is 9.84. The van der Waals surface area contributed by atoms with Gasteiger partial charge >= 0.3 is 11.9 Å². The third-order valence-corrected chi connectivity index (χ3v) is 11.5. The second kappa shape index (κ2) is 17.4. The number of carbonyl (C=O) groups is 3. The maximum absolute atomic E-state index is 13.7. The number of fused-ring (bicyclic) bond motifs is 4. The van der Waals surface area contributed by atoms with Gasteiger partial charge in [0, 0.05) is 36.2 Å². The molecule has 7 N–H and O–H groups in total. The van der Waals surface area contributed by atoms with Crippen LogP contribution in [0.3, 0.4) is 0 Å². The van der Waals surface area contributed by atoms with E-state index in [0.29, 0.717) is 99.7 Å². The molecule has 19 heteroatoms. The van der Waals surface area contributed by atoms with Crippen molar-refractivity contribution in [2.75, 3.05) is 50.6 Å². The van der Waals surface area contributed by atoms with Crippen molar-refractivity contribution < 1.29 is 53.4 Å². The molecule has 4 aromatic rings. The number of nitrogens with zero attached hydrogens (tertiary/aromatic N) is 4. The van der Waals surface area contributed by atoms with E-state index in [0.717, 1.165) is 5.56 Å². The third kappa shape index (κ3) is 7.90. The molecule has 0 saturated carbocycles. The fourth-order valence-electron chi connectivity index (χ4n) is 8.37. The molecule has 4 aliphatic heterocycles. The number of rotatable bonds is 15. The maximum atomic E-state index is 13.7. The number of anilines is 3. The topological polar surface area (TPSA) is 248 Å². The number of aliphatic imine (C=N–C) groups is 1. The number of benzene rings is 3. The van der Waals surface area contributed by atoms with E-state index in [-0.39, 0.29) is 31.1 Å². The predicted molar refractivity (Wildman–Crippen MR) is 224 cm³/mol. The summed E-state index contributed by atoms with van der Waals surface area (Å²) in [6.07, 6.45) is -0.914. The first-order chi connectivity index (χ1) is 29.9. The number of hydrogen-bond donors (Lipinski definition) is 7. The van der Waals surface area contributed by atoms with Crippen molar-refractivity contribution in [2.45, 2.75) is 76.7 Å². The van der Waals surface area contributed by atoms with Crippen LogP contribution in [-0.2, 0) is 27.3 Å². The van der Waals surface area contributed by atoms with Crippen LogP contribution in [0.5, 0.6) is 23.0 Å². The van der Waals surface area contributed by atoms with Crippen molar-refractivity contribution in [3.63, 3.8) is 0 Å². The van der Waals surface area contributed by atoms with Crippen LogP contribution < -0.4 is 40.2 Å². The van der Waals surface area contributed by atoms with Gasteiger partial charge in [-0.15, -0.1) is 0 Å². The van der Waals surface area contributed by atoms with E-state index in [2.05, 4.69) is 41.1 Å². The molecule has 0 bridgehead atoms. The molecule has 1 aromatic heterocycles. The zero-order valence-corrected chi connectivity index (χ0v) is 34.8. The van der Waals surface area contributed by atoms with Gasteiger partial charge in [0.15, 0.2) is 23.5 Å². The number of esters is 1. The predicted octanol–water partition coefficient (Wildman–Crippen LogP) is 4.26. The molecule has 0 aliphatic carbocycles. The summed E-state index contributed by atoms with van der Waals surface area (Å²) in [5.41, 5.74) is 5.56. The Morgan fingerprint density at radius 1 is 1.08 bits per heavy atom. The van der Waals surface area contributed by atoms with Crippen LogP contribution >= 0.6 is 0 Å². The van der Waals surface area contributed by atoms with Crippen molar-refractivity contribution in [1.29, 1.82) is 0 Å². The van der Waals surface area contributed by atoms with Gasteiger partial charge in [0.05, 0.1) is 44.4 Å². The molecule has 62 heavy (non-hydrogen) atoms. The summed E-state index contributed by atoms with van der Waals surface area (Å²) in [6.45, 7) is 4.46. The molecule has 0 saturated heterocycles. The van der Waals surface area contributed by atoms with Gasteiger partial charge in [0.25, 0.3) is 0 Å². The number of aryl methyl sites for hydroxylation is 1. The molecule has 326 valence electrons. The Balaban J connectivity index is 0.941. The summed E-state index contributed by atoms with van der Waals surface area (Å²) in [4.78, 5) is 54.5. The van der Waals surface area contributed by atoms with Crippen molar-refractivity contribution in [2.24, 2.45) is 4.99 Å². The zero-order chi connectivity index (χ0) is 43.8. The van der Waals surface area contributed by atoms with Gasteiger partial charge in [-0.1, -0.05) is 31.2 Å². The first-order valence-electron chi connectivity index (χ1n) is 20.2. The van der Waals surface area contributed by atoms with Crippen LogP contribution in [0.4, 0.5) is 17.2 Å². The maximum Gasteiger partial charge on any atom is 0.343 e. The number of hydrogen-bond acceptors (Lipinski definition) is 17. The molecule has 0 radical (unpaired) electrons. The molecular formula is C43H48N8O11. The number of aromatic nitrogens is 2. The number of aliphatic hydroxyl groups is 2.